The smallest absolute Gasteiger partial charge is 0.353 e. The van der Waals surface area contributed by atoms with E-state index in [1.165, 1.54) is 4.90 Å². The predicted octanol–water partition coefficient (Wildman–Crippen LogP) is 0.226. The van der Waals surface area contributed by atoms with Gasteiger partial charge in [-0.3, -0.25) is 9.59 Å². The summed E-state index contributed by atoms with van der Waals surface area (Å²) in [5, 5.41) is 23.3. The summed E-state index contributed by atoms with van der Waals surface area (Å²) >= 11 is 1.54. The van der Waals surface area contributed by atoms with E-state index in [9.17, 15) is 24.6 Å². The van der Waals surface area contributed by atoms with Crippen molar-refractivity contribution in [2.75, 3.05) is 19.6 Å². The Morgan fingerprint density at radius 1 is 1.39 bits per heavy atom. The average molecular weight is 410 g/mol. The fourth-order valence-corrected chi connectivity index (χ4v) is 6.55. The Balaban J connectivity index is 1.44. The second kappa shape index (κ2) is 7.35. The van der Waals surface area contributed by atoms with Gasteiger partial charge in [0.2, 0.25) is 11.8 Å². The molecule has 4 aliphatic rings. The van der Waals surface area contributed by atoms with E-state index >= 15 is 0 Å². The van der Waals surface area contributed by atoms with Crippen LogP contribution in [0.2, 0.25) is 0 Å². The number of carboxylic acids is 1. The number of aliphatic carboxylic acids is 1. The van der Waals surface area contributed by atoms with Gasteiger partial charge in [0, 0.05) is 48.2 Å². The zero-order valence-corrected chi connectivity index (χ0v) is 16.9. The molecule has 4 aliphatic heterocycles. The van der Waals surface area contributed by atoms with E-state index in [0.29, 0.717) is 13.0 Å². The minimum Gasteiger partial charge on any atom is -0.477 e. The molecule has 0 unspecified atom stereocenters. The largest absolute Gasteiger partial charge is 0.477 e. The van der Waals surface area contributed by atoms with Gasteiger partial charge < -0.3 is 25.3 Å². The molecular weight excluding hydrogens is 382 g/mol. The topological polar surface area (TPSA) is 110 Å². The van der Waals surface area contributed by atoms with Crippen molar-refractivity contribution in [1.82, 2.24) is 15.1 Å². The molecule has 28 heavy (non-hydrogen) atoms. The molecule has 0 aliphatic carbocycles. The standard InChI is InChI=1S/C19H27N3O5S/c1-9-15-14(10(2)23)18(25)22(15)16(19(26)27)17(9)28-12-6-11(20-7-12)8-21-5-3-4-13(21)24/h9-12,14-15,20,23H,3-8H2,1-2H3,(H,26,27)/t9-,10-,11+,12+,14-,15-/m1/s1. The van der Waals surface area contributed by atoms with Crippen molar-refractivity contribution in [2.24, 2.45) is 11.8 Å². The summed E-state index contributed by atoms with van der Waals surface area (Å²) < 4.78 is 0. The number of carboxylic acid groups (broad SMARTS) is 1. The van der Waals surface area contributed by atoms with Gasteiger partial charge in [-0.05, 0) is 19.8 Å². The normalized spacial score (nSPS) is 36.2. The van der Waals surface area contributed by atoms with Crippen molar-refractivity contribution in [1.29, 1.82) is 0 Å². The summed E-state index contributed by atoms with van der Waals surface area (Å²) in [4.78, 5) is 40.2. The highest BCUT2D eigenvalue weighted by Crippen LogP contribution is 2.51. The zero-order chi connectivity index (χ0) is 20.2. The lowest BCUT2D eigenvalue weighted by molar-refractivity contribution is -0.163. The third-order valence-electron chi connectivity index (χ3n) is 6.40. The van der Waals surface area contributed by atoms with E-state index in [2.05, 4.69) is 5.32 Å². The van der Waals surface area contributed by atoms with Crippen LogP contribution in [-0.2, 0) is 14.4 Å². The summed E-state index contributed by atoms with van der Waals surface area (Å²) in [5.41, 5.74) is 0.0857. The number of hydrogen-bond donors (Lipinski definition) is 3. The van der Waals surface area contributed by atoms with Crippen LogP contribution in [0, 0.1) is 11.8 Å². The number of aliphatic hydroxyl groups is 1. The molecule has 0 aromatic carbocycles. The summed E-state index contributed by atoms with van der Waals surface area (Å²) in [6.45, 7) is 5.80. The molecule has 0 bridgehead atoms. The monoisotopic (exact) mass is 409 g/mol. The van der Waals surface area contributed by atoms with Crippen LogP contribution in [0.5, 0.6) is 0 Å². The number of thioether (sulfide) groups is 1. The molecule has 0 radical (unpaired) electrons. The Morgan fingerprint density at radius 2 is 2.14 bits per heavy atom. The van der Waals surface area contributed by atoms with Crippen LogP contribution in [-0.4, -0.2) is 80.9 Å². The van der Waals surface area contributed by atoms with Gasteiger partial charge in [0.15, 0.2) is 0 Å². The van der Waals surface area contributed by atoms with Crippen molar-refractivity contribution < 1.29 is 24.6 Å². The minimum atomic E-state index is -1.08. The molecule has 3 saturated heterocycles. The number of aliphatic hydroxyl groups excluding tert-OH is 1. The number of amides is 2. The number of hydrogen-bond acceptors (Lipinski definition) is 6. The summed E-state index contributed by atoms with van der Waals surface area (Å²) in [5.74, 6) is -1.80. The first-order chi connectivity index (χ1) is 13.3. The van der Waals surface area contributed by atoms with Gasteiger partial charge in [-0.1, -0.05) is 6.92 Å². The Morgan fingerprint density at radius 3 is 2.75 bits per heavy atom. The summed E-state index contributed by atoms with van der Waals surface area (Å²) in [7, 11) is 0. The first kappa shape index (κ1) is 19.7. The van der Waals surface area contributed by atoms with Crippen LogP contribution < -0.4 is 5.32 Å². The number of likely N-dealkylation sites (tertiary alicyclic amines) is 1. The summed E-state index contributed by atoms with van der Waals surface area (Å²) in [6, 6.07) is -0.0532. The molecule has 4 heterocycles. The molecule has 0 aromatic heterocycles. The van der Waals surface area contributed by atoms with Gasteiger partial charge in [-0.25, -0.2) is 4.79 Å². The highest BCUT2D eigenvalue weighted by molar-refractivity contribution is 8.03. The Labute approximate surface area is 168 Å². The SMILES string of the molecule is C[C@@H](O)[C@H]1C(=O)N2C(C(=O)O)=C(S[C@@H]3CN[C@H](CN4CCCC4=O)C3)[C@H](C)[C@H]12. The molecule has 0 spiro atoms. The fraction of sp³-hybridized carbons (Fsp3) is 0.737. The highest BCUT2D eigenvalue weighted by atomic mass is 32.2. The lowest BCUT2D eigenvalue weighted by Gasteiger charge is -2.46. The van der Waals surface area contributed by atoms with Crippen molar-refractivity contribution in [3.05, 3.63) is 10.6 Å². The maximum atomic E-state index is 12.4. The van der Waals surface area contributed by atoms with Crippen LogP contribution in [0.25, 0.3) is 0 Å². The van der Waals surface area contributed by atoms with Crippen LogP contribution in [0.4, 0.5) is 0 Å². The van der Waals surface area contributed by atoms with Crippen LogP contribution >= 0.6 is 11.8 Å². The van der Waals surface area contributed by atoms with Crippen molar-refractivity contribution in [2.45, 2.75) is 56.5 Å². The van der Waals surface area contributed by atoms with Crippen molar-refractivity contribution >= 4 is 29.5 Å². The van der Waals surface area contributed by atoms with E-state index < -0.39 is 18.0 Å². The van der Waals surface area contributed by atoms with Crippen LogP contribution in [0.3, 0.4) is 0 Å². The first-order valence-corrected chi connectivity index (χ1v) is 10.8. The van der Waals surface area contributed by atoms with Crippen molar-refractivity contribution in [3.63, 3.8) is 0 Å². The maximum Gasteiger partial charge on any atom is 0.353 e. The second-order valence-corrected chi connectivity index (χ2v) is 9.64. The fourth-order valence-electron chi connectivity index (χ4n) is 5.03. The second-order valence-electron chi connectivity index (χ2n) is 8.30. The lowest BCUT2D eigenvalue weighted by atomic mass is 9.79. The molecular formula is C19H27N3O5S. The number of carbonyl (C=O) groups excluding carboxylic acids is 2. The number of carbonyl (C=O) groups is 3. The Bertz CT molecular complexity index is 739. The average Bonchev–Trinajstić information content (AvgIpc) is 3.28. The van der Waals surface area contributed by atoms with Gasteiger partial charge in [0.1, 0.15) is 5.70 Å². The molecule has 3 fully saturated rings. The minimum absolute atomic E-state index is 0.0857. The maximum absolute atomic E-state index is 12.4. The molecule has 4 rings (SSSR count). The van der Waals surface area contributed by atoms with Gasteiger partial charge in [-0.15, -0.1) is 11.8 Å². The van der Waals surface area contributed by atoms with Gasteiger partial charge >= 0.3 is 5.97 Å². The number of fused-ring (bicyclic) bond motifs is 1. The van der Waals surface area contributed by atoms with E-state index in [1.807, 2.05) is 11.8 Å². The quantitative estimate of drug-likeness (QED) is 0.539. The Hall–Kier alpha value is -1.58. The molecule has 9 heteroatoms. The number of nitrogens with zero attached hydrogens (tertiary/aromatic N) is 2. The predicted molar refractivity (Wildman–Crippen MR) is 103 cm³/mol. The van der Waals surface area contributed by atoms with Gasteiger partial charge in [0.05, 0.1) is 18.1 Å². The molecule has 0 saturated carbocycles. The third-order valence-corrected chi connectivity index (χ3v) is 7.91. The number of β-lactam (4-membered cyclic amide) rings is 1. The van der Waals surface area contributed by atoms with Crippen LogP contribution in [0.1, 0.15) is 33.1 Å². The van der Waals surface area contributed by atoms with E-state index in [1.54, 1.807) is 18.7 Å². The lowest BCUT2D eigenvalue weighted by Crippen LogP contribution is -2.63. The molecule has 0 aromatic rings. The number of rotatable bonds is 6. The molecule has 2 amide bonds. The molecule has 154 valence electrons. The zero-order valence-electron chi connectivity index (χ0n) is 16.1. The number of nitrogens with one attached hydrogen (secondary N) is 1. The molecule has 3 N–H and O–H groups in total. The highest BCUT2D eigenvalue weighted by Gasteiger charge is 2.60. The molecule has 8 nitrogen and oxygen atoms in total. The first-order valence-electron chi connectivity index (χ1n) is 9.96. The van der Waals surface area contributed by atoms with Gasteiger partial charge in [-0.2, -0.15) is 0 Å². The summed E-state index contributed by atoms with van der Waals surface area (Å²) in [6.07, 6.45) is 1.63. The van der Waals surface area contributed by atoms with E-state index in [0.717, 1.165) is 30.8 Å². The van der Waals surface area contributed by atoms with E-state index in [4.69, 9.17) is 0 Å². The molecule has 6 atom stereocenters. The van der Waals surface area contributed by atoms with Gasteiger partial charge in [0.25, 0.3) is 0 Å². The van der Waals surface area contributed by atoms with E-state index in [-0.39, 0.29) is 40.8 Å². The Kier molecular flexibility index (Phi) is 5.18. The van der Waals surface area contributed by atoms with Crippen molar-refractivity contribution in [3.8, 4) is 0 Å². The van der Waals surface area contributed by atoms with Crippen LogP contribution in [0.15, 0.2) is 10.6 Å². The third kappa shape index (κ3) is 3.13.